The summed E-state index contributed by atoms with van der Waals surface area (Å²) in [7, 11) is 1.50. The van der Waals surface area contributed by atoms with E-state index in [0.29, 0.717) is 12.4 Å². The molecule has 3 heterocycles. The highest BCUT2D eigenvalue weighted by atomic mass is 16.4. The Hall–Kier alpha value is -3.23. The van der Waals surface area contributed by atoms with Crippen molar-refractivity contribution in [2.24, 2.45) is 15.7 Å². The zero-order valence-corrected chi connectivity index (χ0v) is 13.6. The summed E-state index contributed by atoms with van der Waals surface area (Å²) in [6.45, 7) is 0.324. The van der Waals surface area contributed by atoms with Gasteiger partial charge in [-0.3, -0.25) is 9.79 Å². The van der Waals surface area contributed by atoms with Gasteiger partial charge in [0.05, 0.1) is 30.6 Å². The van der Waals surface area contributed by atoms with Crippen LogP contribution in [0.1, 0.15) is 41.2 Å². The van der Waals surface area contributed by atoms with Gasteiger partial charge in [-0.05, 0) is 12.5 Å². The summed E-state index contributed by atoms with van der Waals surface area (Å²) in [6.07, 6.45) is 8.38. The summed E-state index contributed by atoms with van der Waals surface area (Å²) in [6, 6.07) is -0.492. The number of amides is 1. The lowest BCUT2D eigenvalue weighted by Gasteiger charge is -2.21. The summed E-state index contributed by atoms with van der Waals surface area (Å²) >= 11 is 0. The van der Waals surface area contributed by atoms with Crippen LogP contribution in [-0.2, 0) is 17.8 Å². The van der Waals surface area contributed by atoms with Gasteiger partial charge < -0.3 is 20.0 Å². The summed E-state index contributed by atoms with van der Waals surface area (Å²) < 4.78 is 5.96. The van der Waals surface area contributed by atoms with Gasteiger partial charge in [0.15, 0.2) is 6.04 Å². The fourth-order valence-corrected chi connectivity index (χ4v) is 3.18. The van der Waals surface area contributed by atoms with Crippen LogP contribution in [0.15, 0.2) is 26.8 Å². The van der Waals surface area contributed by atoms with Gasteiger partial charge in [-0.15, -0.1) is 0 Å². The Labute approximate surface area is 143 Å². The van der Waals surface area contributed by atoms with Gasteiger partial charge in [0.25, 0.3) is 5.91 Å². The standard InChI is InChI=1S/C16H17N7O2/c1-18-14(19-7-17)16(24)23-6-10-12(21-8-20-10)13(23)15-22-9-4-2-3-5-11(9)25-15/h2,4,7-8,13H,3,5-6H2,1H3,(H,20,21)(H2,17,18,19)/t13-/m1/s1. The molecule has 0 unspecified atom stereocenters. The number of aromatic nitrogens is 3. The van der Waals surface area contributed by atoms with Crippen LogP contribution in [0, 0.1) is 0 Å². The van der Waals surface area contributed by atoms with Gasteiger partial charge in [-0.1, -0.05) is 6.08 Å². The number of hydrogen-bond donors (Lipinski definition) is 2. The molecule has 0 radical (unpaired) electrons. The molecule has 2 aliphatic rings. The summed E-state index contributed by atoms with van der Waals surface area (Å²) in [5, 5.41) is 0. The zero-order chi connectivity index (χ0) is 17.4. The van der Waals surface area contributed by atoms with Gasteiger partial charge in [-0.25, -0.2) is 15.0 Å². The number of carbonyl (C=O) groups is 1. The van der Waals surface area contributed by atoms with Crippen LogP contribution < -0.4 is 5.73 Å². The van der Waals surface area contributed by atoms with Crippen molar-refractivity contribution in [2.75, 3.05) is 7.05 Å². The molecule has 2 aromatic rings. The van der Waals surface area contributed by atoms with E-state index in [1.165, 1.54) is 7.05 Å². The fourth-order valence-electron chi connectivity index (χ4n) is 3.18. The van der Waals surface area contributed by atoms with E-state index in [-0.39, 0.29) is 11.7 Å². The molecule has 0 fully saturated rings. The number of rotatable bonds is 1. The lowest BCUT2D eigenvalue weighted by Crippen LogP contribution is -2.36. The van der Waals surface area contributed by atoms with Crippen LogP contribution in [0.25, 0.3) is 6.08 Å². The normalized spacial score (nSPS) is 19.5. The number of aromatic amines is 1. The van der Waals surface area contributed by atoms with Crippen LogP contribution in [0.5, 0.6) is 0 Å². The van der Waals surface area contributed by atoms with E-state index in [1.807, 2.05) is 6.08 Å². The molecule has 0 saturated heterocycles. The molecule has 4 rings (SSSR count). The molecule has 0 spiro atoms. The average Bonchev–Trinajstić information content (AvgIpc) is 3.31. The number of H-pyrrole nitrogens is 1. The van der Waals surface area contributed by atoms with Crippen LogP contribution in [0.2, 0.25) is 0 Å². The van der Waals surface area contributed by atoms with Gasteiger partial charge in [0, 0.05) is 13.5 Å². The van der Waals surface area contributed by atoms with Gasteiger partial charge in [0.2, 0.25) is 11.7 Å². The number of nitrogens with zero attached hydrogens (tertiary/aromatic N) is 5. The van der Waals surface area contributed by atoms with Crippen LogP contribution >= 0.6 is 0 Å². The first-order chi connectivity index (χ1) is 12.2. The highest BCUT2D eigenvalue weighted by molar-refractivity contribution is 6.39. The maximum atomic E-state index is 12.9. The fraction of sp³-hybridized carbons (Fsp3) is 0.312. The van der Waals surface area contributed by atoms with Crippen molar-refractivity contribution in [2.45, 2.75) is 25.4 Å². The molecule has 0 saturated carbocycles. The Balaban J connectivity index is 1.75. The largest absolute Gasteiger partial charge is 0.442 e. The molecule has 2 aromatic heterocycles. The SMILES string of the molecule is CN=C(N=CN)C(=O)N1Cc2nc[nH]c2[C@@H]1c1nc2c(o1)CCC=C2. The summed E-state index contributed by atoms with van der Waals surface area (Å²) in [5.74, 6) is 0.962. The van der Waals surface area contributed by atoms with Crippen molar-refractivity contribution in [3.8, 4) is 0 Å². The average molecular weight is 339 g/mol. The number of amidine groups is 1. The van der Waals surface area contributed by atoms with E-state index in [0.717, 1.165) is 42.0 Å². The Bertz CT molecular complexity index is 905. The van der Waals surface area contributed by atoms with E-state index >= 15 is 0 Å². The molecule has 1 atom stereocenters. The molecule has 1 aliphatic heterocycles. The van der Waals surface area contributed by atoms with Gasteiger partial charge in [0.1, 0.15) is 11.5 Å². The number of oxazole rings is 1. The minimum absolute atomic E-state index is 0.0221. The highest BCUT2D eigenvalue weighted by Crippen LogP contribution is 2.37. The number of allylic oxidation sites excluding steroid dienone is 1. The van der Waals surface area contributed by atoms with Crippen molar-refractivity contribution in [3.05, 3.63) is 41.1 Å². The number of carbonyl (C=O) groups excluding carboxylic acids is 1. The minimum atomic E-state index is -0.492. The number of fused-ring (bicyclic) bond motifs is 2. The van der Waals surface area contributed by atoms with E-state index in [9.17, 15) is 4.79 Å². The number of hydrogen-bond acceptors (Lipinski definition) is 5. The first-order valence-corrected chi connectivity index (χ1v) is 7.93. The van der Waals surface area contributed by atoms with Crippen molar-refractivity contribution in [1.82, 2.24) is 19.9 Å². The van der Waals surface area contributed by atoms with Gasteiger partial charge in [-0.2, -0.15) is 0 Å². The number of aryl methyl sites for hydroxylation is 1. The maximum absolute atomic E-state index is 12.9. The molecule has 9 heteroatoms. The number of imidazole rings is 1. The third-order valence-corrected chi connectivity index (χ3v) is 4.31. The quantitative estimate of drug-likeness (QED) is 0.587. The lowest BCUT2D eigenvalue weighted by molar-refractivity contribution is -0.126. The van der Waals surface area contributed by atoms with E-state index in [4.69, 9.17) is 10.2 Å². The smallest absolute Gasteiger partial charge is 0.292 e. The lowest BCUT2D eigenvalue weighted by atomic mass is 10.1. The topological polar surface area (TPSA) is 126 Å². The predicted molar refractivity (Wildman–Crippen MR) is 90.9 cm³/mol. The van der Waals surface area contributed by atoms with E-state index in [2.05, 4.69) is 31.0 Å². The third-order valence-electron chi connectivity index (χ3n) is 4.31. The molecule has 9 nitrogen and oxygen atoms in total. The third kappa shape index (κ3) is 2.44. The Morgan fingerprint density at radius 2 is 2.44 bits per heavy atom. The molecule has 0 bridgehead atoms. The van der Waals surface area contributed by atoms with Gasteiger partial charge >= 0.3 is 0 Å². The van der Waals surface area contributed by atoms with E-state index in [1.54, 1.807) is 11.2 Å². The summed E-state index contributed by atoms with van der Waals surface area (Å²) in [4.78, 5) is 34.2. The minimum Gasteiger partial charge on any atom is -0.442 e. The van der Waals surface area contributed by atoms with E-state index < -0.39 is 6.04 Å². The van der Waals surface area contributed by atoms with Crippen molar-refractivity contribution >= 4 is 24.2 Å². The predicted octanol–water partition coefficient (Wildman–Crippen LogP) is 0.804. The Morgan fingerprint density at radius 3 is 3.20 bits per heavy atom. The molecule has 1 amide bonds. The van der Waals surface area contributed by atoms with Crippen LogP contribution in [0.3, 0.4) is 0 Å². The van der Waals surface area contributed by atoms with Crippen molar-refractivity contribution < 1.29 is 9.21 Å². The molecular weight excluding hydrogens is 322 g/mol. The Kier molecular flexibility index (Phi) is 3.68. The van der Waals surface area contributed by atoms with Crippen LogP contribution in [-0.4, -0.2) is 45.0 Å². The number of nitrogens with one attached hydrogen (secondary N) is 1. The molecule has 25 heavy (non-hydrogen) atoms. The van der Waals surface area contributed by atoms with Crippen molar-refractivity contribution in [3.63, 3.8) is 0 Å². The molecule has 1 aliphatic carbocycles. The highest BCUT2D eigenvalue weighted by Gasteiger charge is 2.41. The monoisotopic (exact) mass is 339 g/mol. The second-order valence-electron chi connectivity index (χ2n) is 5.73. The number of aliphatic imine (C=N–C) groups is 2. The molecule has 128 valence electrons. The Morgan fingerprint density at radius 1 is 1.56 bits per heavy atom. The van der Waals surface area contributed by atoms with Crippen LogP contribution in [0.4, 0.5) is 0 Å². The molecular formula is C16H17N7O2. The second kappa shape index (κ2) is 6.00. The summed E-state index contributed by atoms with van der Waals surface area (Å²) in [5.41, 5.74) is 7.70. The number of nitrogens with two attached hydrogens (primary N) is 1. The maximum Gasteiger partial charge on any atom is 0.292 e. The first-order valence-electron chi connectivity index (χ1n) is 7.93. The molecule has 3 N–H and O–H groups in total. The van der Waals surface area contributed by atoms with Crippen molar-refractivity contribution in [1.29, 1.82) is 0 Å². The first kappa shape index (κ1) is 15.3. The molecule has 0 aromatic carbocycles. The second-order valence-corrected chi connectivity index (χ2v) is 5.73. The zero-order valence-electron chi connectivity index (χ0n) is 13.6.